The van der Waals surface area contributed by atoms with Gasteiger partial charge < -0.3 is 4.90 Å². The van der Waals surface area contributed by atoms with E-state index in [2.05, 4.69) is 17.0 Å². The van der Waals surface area contributed by atoms with Crippen LogP contribution in [0.1, 0.15) is 49.7 Å². The van der Waals surface area contributed by atoms with Gasteiger partial charge in [-0.05, 0) is 45.6 Å². The number of piperidine rings is 1. The molecule has 1 amide bonds. The number of hydrogen-bond donors (Lipinski definition) is 0. The molecule has 0 aliphatic carbocycles. The van der Waals surface area contributed by atoms with Crippen LogP contribution in [0.2, 0.25) is 0 Å². The van der Waals surface area contributed by atoms with Gasteiger partial charge in [0.2, 0.25) is 11.9 Å². The van der Waals surface area contributed by atoms with Gasteiger partial charge in [-0.25, -0.2) is 9.67 Å². The Kier molecular flexibility index (Phi) is 5.54. The molecule has 3 rings (SSSR count). The topological polar surface area (TPSA) is 73.0 Å². The third kappa shape index (κ3) is 3.86. The summed E-state index contributed by atoms with van der Waals surface area (Å²) in [6, 6.07) is 3.48. The Balaban J connectivity index is 2.01. The molecular weight excluding hydrogens is 330 g/mol. The van der Waals surface area contributed by atoms with Crippen molar-refractivity contribution in [3.8, 4) is 5.95 Å². The van der Waals surface area contributed by atoms with E-state index in [4.69, 9.17) is 0 Å². The van der Waals surface area contributed by atoms with E-state index in [1.807, 2.05) is 24.8 Å². The molecule has 1 aliphatic heterocycles. The summed E-state index contributed by atoms with van der Waals surface area (Å²) in [6.45, 7) is 7.42. The number of nitrogens with zero attached hydrogens (tertiary/aromatic N) is 5. The molecule has 0 saturated carbocycles. The van der Waals surface area contributed by atoms with E-state index in [0.717, 1.165) is 62.3 Å². The summed E-state index contributed by atoms with van der Waals surface area (Å²) in [6.07, 6.45) is 4.84. The fourth-order valence-electron chi connectivity index (χ4n) is 3.44. The van der Waals surface area contributed by atoms with Crippen molar-refractivity contribution < 1.29 is 4.79 Å². The summed E-state index contributed by atoms with van der Waals surface area (Å²) in [7, 11) is 0. The lowest BCUT2D eigenvalue weighted by atomic mass is 10.1. The average molecular weight is 357 g/mol. The minimum absolute atomic E-state index is 0.00587. The van der Waals surface area contributed by atoms with Crippen LogP contribution in [0.3, 0.4) is 0 Å². The summed E-state index contributed by atoms with van der Waals surface area (Å²) in [5.41, 5.74) is 2.28. The van der Waals surface area contributed by atoms with E-state index < -0.39 is 0 Å². The zero-order valence-electron chi connectivity index (χ0n) is 15.9. The number of carbonyl (C=O) groups is 1. The van der Waals surface area contributed by atoms with Crippen LogP contribution >= 0.6 is 0 Å². The summed E-state index contributed by atoms with van der Waals surface area (Å²) in [5, 5.41) is 4.47. The number of likely N-dealkylation sites (tertiary alicyclic amines) is 1. The van der Waals surface area contributed by atoms with E-state index in [1.165, 1.54) is 4.57 Å². The molecule has 140 valence electrons. The van der Waals surface area contributed by atoms with E-state index in [-0.39, 0.29) is 18.0 Å². The molecule has 0 atom stereocenters. The first-order valence-electron chi connectivity index (χ1n) is 9.41. The Morgan fingerprint density at radius 1 is 1.15 bits per heavy atom. The van der Waals surface area contributed by atoms with Crippen LogP contribution in [0.4, 0.5) is 0 Å². The third-order valence-corrected chi connectivity index (χ3v) is 4.75. The van der Waals surface area contributed by atoms with Gasteiger partial charge in [0, 0.05) is 30.5 Å². The highest BCUT2D eigenvalue weighted by atomic mass is 16.2. The van der Waals surface area contributed by atoms with Gasteiger partial charge in [-0.3, -0.25) is 14.2 Å². The first kappa shape index (κ1) is 18.4. The maximum Gasteiger partial charge on any atom is 0.255 e. The highest BCUT2D eigenvalue weighted by Gasteiger charge is 2.21. The number of rotatable bonds is 5. The van der Waals surface area contributed by atoms with Crippen LogP contribution in [0.5, 0.6) is 0 Å². The highest BCUT2D eigenvalue weighted by molar-refractivity contribution is 5.76. The first-order chi connectivity index (χ1) is 12.5. The number of aryl methyl sites for hydroxylation is 3. The molecule has 0 radical (unpaired) electrons. The van der Waals surface area contributed by atoms with E-state index in [1.54, 1.807) is 10.7 Å². The number of amides is 1. The molecule has 26 heavy (non-hydrogen) atoms. The van der Waals surface area contributed by atoms with Gasteiger partial charge in [0.15, 0.2) is 0 Å². The Morgan fingerprint density at radius 2 is 1.88 bits per heavy atom. The second kappa shape index (κ2) is 7.85. The first-order valence-corrected chi connectivity index (χ1v) is 9.41. The monoisotopic (exact) mass is 357 g/mol. The summed E-state index contributed by atoms with van der Waals surface area (Å²) >= 11 is 0. The van der Waals surface area contributed by atoms with Gasteiger partial charge in [-0.1, -0.05) is 13.3 Å². The molecule has 0 spiro atoms. The van der Waals surface area contributed by atoms with Gasteiger partial charge in [0.1, 0.15) is 6.54 Å². The predicted molar refractivity (Wildman–Crippen MR) is 99.5 cm³/mol. The molecule has 1 aliphatic rings. The van der Waals surface area contributed by atoms with Crippen molar-refractivity contribution in [1.82, 2.24) is 24.2 Å². The molecule has 0 bridgehead atoms. The highest BCUT2D eigenvalue weighted by Crippen LogP contribution is 2.13. The lowest BCUT2D eigenvalue weighted by molar-refractivity contribution is -0.132. The van der Waals surface area contributed by atoms with Crippen LogP contribution in [0.25, 0.3) is 5.95 Å². The van der Waals surface area contributed by atoms with Crippen LogP contribution in [-0.2, 0) is 17.8 Å². The predicted octanol–water partition coefficient (Wildman–Crippen LogP) is 2.01. The zero-order chi connectivity index (χ0) is 18.7. The Morgan fingerprint density at radius 3 is 2.50 bits per heavy atom. The minimum atomic E-state index is -0.198. The molecule has 0 N–H and O–H groups in total. The molecule has 1 fully saturated rings. The molecule has 0 unspecified atom stereocenters. The second-order valence-electron chi connectivity index (χ2n) is 7.00. The molecule has 7 nitrogen and oxygen atoms in total. The SMILES string of the molecule is CCCc1cc(=O)n(CC(=O)N2CCCCC2)c(-n2nc(C)cc2C)n1. The van der Waals surface area contributed by atoms with Crippen LogP contribution < -0.4 is 5.56 Å². The maximum absolute atomic E-state index is 12.8. The minimum Gasteiger partial charge on any atom is -0.341 e. The molecule has 0 aromatic carbocycles. The summed E-state index contributed by atoms with van der Waals surface area (Å²) < 4.78 is 3.12. The Bertz CT molecular complexity index is 846. The second-order valence-corrected chi connectivity index (χ2v) is 7.00. The van der Waals surface area contributed by atoms with E-state index in [9.17, 15) is 9.59 Å². The van der Waals surface area contributed by atoms with Crippen LogP contribution in [0, 0.1) is 13.8 Å². The fourth-order valence-corrected chi connectivity index (χ4v) is 3.44. The van der Waals surface area contributed by atoms with Crippen molar-refractivity contribution in [2.75, 3.05) is 13.1 Å². The van der Waals surface area contributed by atoms with Crippen LogP contribution in [0.15, 0.2) is 16.9 Å². The number of aromatic nitrogens is 4. The molecule has 1 saturated heterocycles. The van der Waals surface area contributed by atoms with Crippen molar-refractivity contribution in [3.63, 3.8) is 0 Å². The van der Waals surface area contributed by atoms with Gasteiger partial charge in [-0.15, -0.1) is 0 Å². The molecular formula is C19H27N5O2. The third-order valence-electron chi connectivity index (χ3n) is 4.75. The largest absolute Gasteiger partial charge is 0.341 e. The normalized spacial score (nSPS) is 14.7. The van der Waals surface area contributed by atoms with Crippen LogP contribution in [-0.4, -0.2) is 43.2 Å². The lowest BCUT2D eigenvalue weighted by Gasteiger charge is -2.27. The van der Waals surface area contributed by atoms with E-state index in [0.29, 0.717) is 5.95 Å². The van der Waals surface area contributed by atoms with Gasteiger partial charge in [-0.2, -0.15) is 5.10 Å². The molecule has 2 aromatic rings. The van der Waals surface area contributed by atoms with Crippen molar-refractivity contribution in [2.45, 2.75) is 59.4 Å². The molecule has 7 heteroatoms. The van der Waals surface area contributed by atoms with Gasteiger partial charge >= 0.3 is 0 Å². The molecule has 3 heterocycles. The smallest absolute Gasteiger partial charge is 0.255 e. The van der Waals surface area contributed by atoms with Crippen molar-refractivity contribution in [2.24, 2.45) is 0 Å². The van der Waals surface area contributed by atoms with E-state index >= 15 is 0 Å². The molecule has 2 aromatic heterocycles. The zero-order valence-corrected chi connectivity index (χ0v) is 15.9. The average Bonchev–Trinajstić information content (AvgIpc) is 2.96. The quantitative estimate of drug-likeness (QED) is 0.820. The maximum atomic E-state index is 12.8. The Hall–Kier alpha value is -2.44. The van der Waals surface area contributed by atoms with Crippen molar-refractivity contribution in [1.29, 1.82) is 0 Å². The summed E-state index contributed by atoms with van der Waals surface area (Å²) in [4.78, 5) is 32.0. The lowest BCUT2D eigenvalue weighted by Crippen LogP contribution is -2.40. The number of hydrogen-bond acceptors (Lipinski definition) is 4. The van der Waals surface area contributed by atoms with Gasteiger partial charge in [0.05, 0.1) is 5.69 Å². The van der Waals surface area contributed by atoms with Gasteiger partial charge in [0.25, 0.3) is 5.56 Å². The van der Waals surface area contributed by atoms with Crippen molar-refractivity contribution in [3.05, 3.63) is 39.6 Å². The fraction of sp³-hybridized carbons (Fsp3) is 0.579. The Labute approximate surface area is 153 Å². The van der Waals surface area contributed by atoms with Crippen molar-refractivity contribution >= 4 is 5.91 Å². The summed E-state index contributed by atoms with van der Waals surface area (Å²) in [5.74, 6) is 0.400. The standard InChI is InChI=1S/C19H27N5O2/c1-4-8-16-12-17(25)23(13-18(26)22-9-6-5-7-10-22)19(20-16)24-15(3)11-14(2)21-24/h11-12H,4-10,13H2,1-3H3. The number of carbonyl (C=O) groups excluding carboxylic acids is 1.